The van der Waals surface area contributed by atoms with Crippen molar-refractivity contribution in [2.75, 3.05) is 28.2 Å². The molecule has 0 aliphatic rings. The maximum atomic E-state index is 2.34. The monoisotopic (exact) mass is 368 g/mol. The molecule has 2 heteroatoms. The van der Waals surface area contributed by atoms with E-state index in [1.807, 2.05) is 0 Å². The van der Waals surface area contributed by atoms with Crippen LogP contribution < -0.4 is 0 Å². The second-order valence-electron chi connectivity index (χ2n) is 8.85. The van der Waals surface area contributed by atoms with Crippen LogP contribution >= 0.6 is 0 Å². The summed E-state index contributed by atoms with van der Waals surface area (Å²) < 4.78 is 0. The lowest BCUT2D eigenvalue weighted by Crippen LogP contribution is -2.40. The molecule has 0 bridgehead atoms. The number of rotatable bonds is 20. The molecule has 0 atom stereocenters. The van der Waals surface area contributed by atoms with E-state index in [2.05, 4.69) is 44.9 Å². The summed E-state index contributed by atoms with van der Waals surface area (Å²) in [7, 11) is 8.77. The standard InChI is InChI=1S/C24H52N2/c1-6-7-8-9-10-11-12-13-14-15-16-17-18-19-20-21-22-23-24(25(2)3)26(4)5/h24H,6-23H2,1-5H3. The van der Waals surface area contributed by atoms with Gasteiger partial charge in [-0.15, -0.1) is 0 Å². The van der Waals surface area contributed by atoms with Crippen LogP contribution in [0.1, 0.15) is 122 Å². The van der Waals surface area contributed by atoms with Crippen molar-refractivity contribution in [1.29, 1.82) is 0 Å². The summed E-state index contributed by atoms with van der Waals surface area (Å²) in [6, 6.07) is 0. The van der Waals surface area contributed by atoms with Crippen LogP contribution in [0.3, 0.4) is 0 Å². The molecule has 0 aliphatic carbocycles. The van der Waals surface area contributed by atoms with Crippen molar-refractivity contribution in [3.63, 3.8) is 0 Å². The summed E-state index contributed by atoms with van der Waals surface area (Å²) in [4.78, 5) is 4.68. The molecule has 26 heavy (non-hydrogen) atoms. The van der Waals surface area contributed by atoms with Gasteiger partial charge in [-0.1, -0.05) is 116 Å². The van der Waals surface area contributed by atoms with Crippen LogP contribution in [0.25, 0.3) is 0 Å². The summed E-state index contributed by atoms with van der Waals surface area (Å²) in [6.07, 6.45) is 26.6. The van der Waals surface area contributed by atoms with Gasteiger partial charge in [0.05, 0.1) is 6.17 Å². The first kappa shape index (κ1) is 25.9. The maximum Gasteiger partial charge on any atom is 0.0612 e. The van der Waals surface area contributed by atoms with E-state index < -0.39 is 0 Å². The Balaban J connectivity index is 3.18. The van der Waals surface area contributed by atoms with E-state index in [1.165, 1.54) is 116 Å². The lowest BCUT2D eigenvalue weighted by atomic mass is 10.0. The van der Waals surface area contributed by atoms with Crippen molar-refractivity contribution < 1.29 is 0 Å². The first-order valence-electron chi connectivity index (χ1n) is 11.9. The predicted octanol–water partition coefficient (Wildman–Crippen LogP) is 7.48. The quantitative estimate of drug-likeness (QED) is 0.162. The Labute approximate surface area is 167 Å². The van der Waals surface area contributed by atoms with Crippen LogP contribution in [0.5, 0.6) is 0 Å². The molecule has 0 aromatic heterocycles. The molecule has 0 aromatic carbocycles. The molecule has 0 amide bonds. The van der Waals surface area contributed by atoms with Crippen LogP contribution in [0.4, 0.5) is 0 Å². The second-order valence-corrected chi connectivity index (χ2v) is 8.85. The maximum absolute atomic E-state index is 2.34. The minimum absolute atomic E-state index is 0.603. The van der Waals surface area contributed by atoms with Crippen LogP contribution in [0.15, 0.2) is 0 Å². The van der Waals surface area contributed by atoms with Gasteiger partial charge in [0.25, 0.3) is 0 Å². The molecule has 0 fully saturated rings. The van der Waals surface area contributed by atoms with Gasteiger partial charge in [0.1, 0.15) is 0 Å². The van der Waals surface area contributed by atoms with Crippen LogP contribution in [-0.4, -0.2) is 44.2 Å². The highest BCUT2D eigenvalue weighted by Gasteiger charge is 2.12. The average molecular weight is 369 g/mol. The molecular formula is C24H52N2. The van der Waals surface area contributed by atoms with Crippen molar-refractivity contribution in [2.45, 2.75) is 129 Å². The highest BCUT2D eigenvalue weighted by atomic mass is 15.3. The Kier molecular flexibility index (Phi) is 19.6. The Morgan fingerprint density at radius 1 is 0.423 bits per heavy atom. The van der Waals surface area contributed by atoms with E-state index in [0.29, 0.717) is 6.17 Å². The highest BCUT2D eigenvalue weighted by Crippen LogP contribution is 2.15. The topological polar surface area (TPSA) is 6.48 Å². The summed E-state index contributed by atoms with van der Waals surface area (Å²) >= 11 is 0. The number of hydrogen-bond acceptors (Lipinski definition) is 2. The minimum Gasteiger partial charge on any atom is -0.294 e. The lowest BCUT2D eigenvalue weighted by Gasteiger charge is -2.30. The summed E-state index contributed by atoms with van der Waals surface area (Å²) in [5.74, 6) is 0. The molecule has 0 aromatic rings. The molecule has 0 saturated carbocycles. The number of nitrogens with zero attached hydrogens (tertiary/aromatic N) is 2. The zero-order valence-electron chi connectivity index (χ0n) is 19.2. The fourth-order valence-corrected chi connectivity index (χ4v) is 4.03. The first-order valence-corrected chi connectivity index (χ1v) is 11.9. The van der Waals surface area contributed by atoms with E-state index in [9.17, 15) is 0 Å². The molecule has 0 unspecified atom stereocenters. The van der Waals surface area contributed by atoms with Gasteiger partial charge in [-0.25, -0.2) is 0 Å². The number of unbranched alkanes of at least 4 members (excludes halogenated alkanes) is 16. The first-order chi connectivity index (χ1) is 12.6. The van der Waals surface area contributed by atoms with Crippen molar-refractivity contribution in [1.82, 2.24) is 9.80 Å². The van der Waals surface area contributed by atoms with Crippen LogP contribution in [0, 0.1) is 0 Å². The molecule has 0 heterocycles. The van der Waals surface area contributed by atoms with Crippen LogP contribution in [-0.2, 0) is 0 Å². The molecule has 0 aliphatic heterocycles. The van der Waals surface area contributed by atoms with E-state index in [1.54, 1.807) is 0 Å². The third kappa shape index (κ3) is 17.3. The fraction of sp³-hybridized carbons (Fsp3) is 1.00. The Morgan fingerprint density at radius 3 is 0.962 bits per heavy atom. The van der Waals surface area contributed by atoms with Crippen molar-refractivity contribution in [2.24, 2.45) is 0 Å². The number of hydrogen-bond donors (Lipinski definition) is 0. The van der Waals surface area contributed by atoms with Gasteiger partial charge in [0.15, 0.2) is 0 Å². The zero-order chi connectivity index (χ0) is 19.5. The third-order valence-corrected chi connectivity index (χ3v) is 5.76. The normalized spacial score (nSPS) is 12.0. The fourth-order valence-electron chi connectivity index (χ4n) is 4.03. The molecule has 2 nitrogen and oxygen atoms in total. The molecule has 0 rings (SSSR count). The third-order valence-electron chi connectivity index (χ3n) is 5.76. The smallest absolute Gasteiger partial charge is 0.0612 e. The average Bonchev–Trinajstić information content (AvgIpc) is 2.60. The van der Waals surface area contributed by atoms with E-state index in [-0.39, 0.29) is 0 Å². The van der Waals surface area contributed by atoms with Crippen molar-refractivity contribution in [3.05, 3.63) is 0 Å². The van der Waals surface area contributed by atoms with Gasteiger partial charge in [-0.05, 0) is 34.6 Å². The molecule has 158 valence electrons. The van der Waals surface area contributed by atoms with E-state index >= 15 is 0 Å². The zero-order valence-corrected chi connectivity index (χ0v) is 19.2. The van der Waals surface area contributed by atoms with Gasteiger partial charge >= 0.3 is 0 Å². The largest absolute Gasteiger partial charge is 0.294 e. The van der Waals surface area contributed by atoms with Gasteiger partial charge in [0, 0.05) is 0 Å². The molecule has 0 N–H and O–H groups in total. The predicted molar refractivity (Wildman–Crippen MR) is 120 cm³/mol. The van der Waals surface area contributed by atoms with Crippen LogP contribution in [0.2, 0.25) is 0 Å². The Bertz CT molecular complexity index is 255. The SMILES string of the molecule is CCCCCCCCCCCCCCCCCCCC(N(C)C)N(C)C. The lowest BCUT2D eigenvalue weighted by molar-refractivity contribution is 0.117. The van der Waals surface area contributed by atoms with Crippen molar-refractivity contribution >= 4 is 0 Å². The van der Waals surface area contributed by atoms with E-state index in [4.69, 9.17) is 0 Å². The summed E-state index contributed by atoms with van der Waals surface area (Å²) in [6.45, 7) is 2.30. The summed E-state index contributed by atoms with van der Waals surface area (Å²) in [5, 5.41) is 0. The minimum atomic E-state index is 0.603. The summed E-state index contributed by atoms with van der Waals surface area (Å²) in [5.41, 5.74) is 0. The Hall–Kier alpha value is -0.0800. The molecule has 0 radical (unpaired) electrons. The highest BCUT2D eigenvalue weighted by molar-refractivity contribution is 4.63. The van der Waals surface area contributed by atoms with Gasteiger partial charge in [0.2, 0.25) is 0 Å². The van der Waals surface area contributed by atoms with Gasteiger partial charge in [-0.3, -0.25) is 9.80 Å². The van der Waals surface area contributed by atoms with E-state index in [0.717, 1.165) is 0 Å². The molecule has 0 spiro atoms. The Morgan fingerprint density at radius 2 is 0.692 bits per heavy atom. The van der Waals surface area contributed by atoms with Gasteiger partial charge in [-0.2, -0.15) is 0 Å². The van der Waals surface area contributed by atoms with Gasteiger partial charge < -0.3 is 0 Å². The second kappa shape index (κ2) is 19.7. The molecule has 0 saturated heterocycles. The van der Waals surface area contributed by atoms with Crippen molar-refractivity contribution in [3.8, 4) is 0 Å². The molecular weight excluding hydrogens is 316 g/mol.